The van der Waals surface area contributed by atoms with Crippen LogP contribution in [-0.2, 0) is 6.42 Å². The number of rotatable bonds is 6. The fourth-order valence-electron chi connectivity index (χ4n) is 1.73. The van der Waals surface area contributed by atoms with Crippen LogP contribution in [0.15, 0.2) is 24.3 Å². The van der Waals surface area contributed by atoms with Crippen molar-refractivity contribution in [1.29, 1.82) is 0 Å². The highest BCUT2D eigenvalue weighted by Gasteiger charge is 2.08. The quantitative estimate of drug-likeness (QED) is 0.779. The van der Waals surface area contributed by atoms with E-state index in [-0.39, 0.29) is 0 Å². The smallest absolute Gasteiger partial charge is 0.0438 e. The van der Waals surface area contributed by atoms with Crippen LogP contribution in [0.3, 0.4) is 0 Å². The second kappa shape index (κ2) is 6.86. The third-order valence-corrected chi connectivity index (χ3v) is 3.11. The van der Waals surface area contributed by atoms with Crippen LogP contribution in [0.2, 0.25) is 5.02 Å². The average Bonchev–Trinajstić information content (AvgIpc) is 2.26. The Bertz CT molecular complexity index is 286. The number of nitrogens with one attached hydrogen (secondary N) is 1. The second-order valence-corrected chi connectivity index (χ2v) is 4.33. The molecular weight excluding hydrogens is 206 g/mol. The van der Waals surface area contributed by atoms with Gasteiger partial charge in [0.15, 0.2) is 0 Å². The van der Waals surface area contributed by atoms with Crippen molar-refractivity contribution in [3.63, 3.8) is 0 Å². The summed E-state index contributed by atoms with van der Waals surface area (Å²) in [6.45, 7) is 2.22. The van der Waals surface area contributed by atoms with E-state index in [1.165, 1.54) is 24.8 Å². The summed E-state index contributed by atoms with van der Waals surface area (Å²) in [5, 5.41) is 4.24. The maximum Gasteiger partial charge on any atom is 0.0438 e. The third kappa shape index (κ3) is 4.23. The Hall–Kier alpha value is -0.530. The Balaban J connectivity index is 2.54. The van der Waals surface area contributed by atoms with E-state index >= 15 is 0 Å². The Kier molecular flexibility index (Phi) is 5.74. The molecule has 0 spiro atoms. The van der Waals surface area contributed by atoms with Crippen molar-refractivity contribution in [3.8, 4) is 0 Å². The van der Waals surface area contributed by atoms with Crippen molar-refractivity contribution in [2.75, 3.05) is 7.05 Å². The van der Waals surface area contributed by atoms with Crippen LogP contribution in [0, 0.1) is 0 Å². The molecule has 15 heavy (non-hydrogen) atoms. The molecule has 1 unspecified atom stereocenters. The monoisotopic (exact) mass is 225 g/mol. The molecule has 84 valence electrons. The molecule has 1 nitrogen and oxygen atoms in total. The van der Waals surface area contributed by atoms with Crippen LogP contribution in [0.1, 0.15) is 31.7 Å². The van der Waals surface area contributed by atoms with Crippen molar-refractivity contribution in [3.05, 3.63) is 34.9 Å². The maximum atomic E-state index is 6.13. The largest absolute Gasteiger partial charge is 0.317 e. The van der Waals surface area contributed by atoms with Crippen LogP contribution in [0.25, 0.3) is 0 Å². The molecular formula is C13H20ClN. The molecule has 0 fully saturated rings. The fourth-order valence-corrected chi connectivity index (χ4v) is 1.94. The van der Waals surface area contributed by atoms with Gasteiger partial charge in [-0.3, -0.25) is 0 Å². The van der Waals surface area contributed by atoms with Gasteiger partial charge in [-0.25, -0.2) is 0 Å². The summed E-state index contributed by atoms with van der Waals surface area (Å²) in [4.78, 5) is 0. The summed E-state index contributed by atoms with van der Waals surface area (Å²) < 4.78 is 0. The molecule has 2 heteroatoms. The summed E-state index contributed by atoms with van der Waals surface area (Å²) in [7, 11) is 2.02. The standard InChI is InChI=1S/C13H20ClN/c1-3-4-8-12(15-2)10-11-7-5-6-9-13(11)14/h5-7,9,12,15H,3-4,8,10H2,1-2H3. The molecule has 0 bridgehead atoms. The molecule has 0 saturated carbocycles. The number of hydrogen-bond acceptors (Lipinski definition) is 1. The molecule has 1 N–H and O–H groups in total. The molecule has 0 amide bonds. The first-order valence-corrected chi connectivity index (χ1v) is 6.06. The van der Waals surface area contributed by atoms with Gasteiger partial charge in [0.2, 0.25) is 0 Å². The highest BCUT2D eigenvalue weighted by atomic mass is 35.5. The van der Waals surface area contributed by atoms with E-state index in [1.807, 2.05) is 25.2 Å². The average molecular weight is 226 g/mol. The van der Waals surface area contributed by atoms with Gasteiger partial charge >= 0.3 is 0 Å². The summed E-state index contributed by atoms with van der Waals surface area (Å²) in [5.41, 5.74) is 1.25. The predicted molar refractivity (Wildman–Crippen MR) is 67.5 cm³/mol. The van der Waals surface area contributed by atoms with Crippen LogP contribution >= 0.6 is 11.6 Å². The third-order valence-electron chi connectivity index (χ3n) is 2.74. The van der Waals surface area contributed by atoms with Gasteiger partial charge in [-0.2, -0.15) is 0 Å². The molecule has 0 radical (unpaired) electrons. The number of hydrogen-bond donors (Lipinski definition) is 1. The topological polar surface area (TPSA) is 12.0 Å². The molecule has 1 rings (SSSR count). The lowest BCUT2D eigenvalue weighted by atomic mass is 10.0. The minimum absolute atomic E-state index is 0.546. The lowest BCUT2D eigenvalue weighted by molar-refractivity contribution is 0.498. The first-order valence-electron chi connectivity index (χ1n) is 5.68. The van der Waals surface area contributed by atoms with E-state index in [1.54, 1.807) is 0 Å². The van der Waals surface area contributed by atoms with Crippen LogP contribution < -0.4 is 5.32 Å². The van der Waals surface area contributed by atoms with Gasteiger partial charge in [0.25, 0.3) is 0 Å². The summed E-state index contributed by atoms with van der Waals surface area (Å²) in [6.07, 6.45) is 4.77. The van der Waals surface area contributed by atoms with Gasteiger partial charge in [0.05, 0.1) is 0 Å². The lowest BCUT2D eigenvalue weighted by Gasteiger charge is -2.16. The maximum absolute atomic E-state index is 6.13. The number of unbranched alkanes of at least 4 members (excludes halogenated alkanes) is 1. The fraction of sp³-hybridized carbons (Fsp3) is 0.538. The molecule has 0 aromatic heterocycles. The molecule has 0 aliphatic rings. The van der Waals surface area contributed by atoms with Gasteiger partial charge in [0, 0.05) is 11.1 Å². The zero-order chi connectivity index (χ0) is 11.1. The van der Waals surface area contributed by atoms with Gasteiger partial charge in [-0.15, -0.1) is 0 Å². The number of benzene rings is 1. The Morgan fingerprint density at radius 3 is 2.67 bits per heavy atom. The van der Waals surface area contributed by atoms with Crippen LogP contribution in [0.4, 0.5) is 0 Å². The van der Waals surface area contributed by atoms with Crippen molar-refractivity contribution in [2.45, 2.75) is 38.6 Å². The normalized spacial score (nSPS) is 12.7. The zero-order valence-corrected chi connectivity index (χ0v) is 10.3. The van der Waals surface area contributed by atoms with Crippen LogP contribution in [-0.4, -0.2) is 13.1 Å². The molecule has 0 aliphatic carbocycles. The highest BCUT2D eigenvalue weighted by molar-refractivity contribution is 6.31. The van der Waals surface area contributed by atoms with Gasteiger partial charge in [-0.1, -0.05) is 49.6 Å². The van der Waals surface area contributed by atoms with Crippen molar-refractivity contribution < 1.29 is 0 Å². The molecule has 0 aliphatic heterocycles. The van der Waals surface area contributed by atoms with Crippen molar-refractivity contribution in [1.82, 2.24) is 5.32 Å². The van der Waals surface area contributed by atoms with Gasteiger partial charge in [0.1, 0.15) is 0 Å². The molecule has 0 heterocycles. The number of likely N-dealkylation sites (N-methyl/N-ethyl adjacent to an activating group) is 1. The van der Waals surface area contributed by atoms with Gasteiger partial charge < -0.3 is 5.32 Å². The lowest BCUT2D eigenvalue weighted by Crippen LogP contribution is -2.27. The molecule has 1 aromatic carbocycles. The minimum atomic E-state index is 0.546. The first kappa shape index (κ1) is 12.5. The van der Waals surface area contributed by atoms with Crippen molar-refractivity contribution >= 4 is 11.6 Å². The Morgan fingerprint density at radius 1 is 1.33 bits per heavy atom. The van der Waals surface area contributed by atoms with E-state index in [2.05, 4.69) is 18.3 Å². The van der Waals surface area contributed by atoms with Crippen molar-refractivity contribution in [2.24, 2.45) is 0 Å². The Morgan fingerprint density at radius 2 is 2.07 bits per heavy atom. The number of halogens is 1. The zero-order valence-electron chi connectivity index (χ0n) is 9.59. The predicted octanol–water partition coefficient (Wildman–Crippen LogP) is 3.66. The summed E-state index contributed by atoms with van der Waals surface area (Å²) in [5.74, 6) is 0. The highest BCUT2D eigenvalue weighted by Crippen LogP contribution is 2.18. The van der Waals surface area contributed by atoms with E-state index in [9.17, 15) is 0 Å². The first-order chi connectivity index (χ1) is 7.27. The van der Waals surface area contributed by atoms with Gasteiger partial charge in [-0.05, 0) is 31.5 Å². The van der Waals surface area contributed by atoms with E-state index in [0.717, 1.165) is 11.4 Å². The SMILES string of the molecule is CCCCC(Cc1ccccc1Cl)NC. The summed E-state index contributed by atoms with van der Waals surface area (Å²) in [6, 6.07) is 8.65. The van der Waals surface area contributed by atoms with E-state index in [4.69, 9.17) is 11.6 Å². The summed E-state index contributed by atoms with van der Waals surface area (Å²) >= 11 is 6.13. The second-order valence-electron chi connectivity index (χ2n) is 3.92. The Labute approximate surface area is 97.8 Å². The molecule has 1 aromatic rings. The molecule has 1 atom stereocenters. The molecule has 0 saturated heterocycles. The van der Waals surface area contributed by atoms with E-state index in [0.29, 0.717) is 6.04 Å². The van der Waals surface area contributed by atoms with Crippen LogP contribution in [0.5, 0.6) is 0 Å². The van der Waals surface area contributed by atoms with E-state index < -0.39 is 0 Å². The minimum Gasteiger partial charge on any atom is -0.317 e.